The molecule has 0 unspecified atom stereocenters. The Morgan fingerprint density at radius 2 is 1.65 bits per heavy atom. The van der Waals surface area contributed by atoms with Gasteiger partial charge in [0.1, 0.15) is 5.82 Å². The van der Waals surface area contributed by atoms with Gasteiger partial charge in [-0.25, -0.2) is 4.68 Å². The van der Waals surface area contributed by atoms with Crippen LogP contribution in [0.2, 0.25) is 0 Å². The molecular weight excluding hydrogens is 382 g/mol. The summed E-state index contributed by atoms with van der Waals surface area (Å²) in [6.45, 7) is 0. The minimum atomic E-state index is 0.606. The summed E-state index contributed by atoms with van der Waals surface area (Å²) in [4.78, 5) is 0. The Morgan fingerprint density at radius 3 is 2.35 bits per heavy atom. The largest absolute Gasteiger partial charge is 0.384 e. The quantitative estimate of drug-likeness (QED) is 0.689. The Morgan fingerprint density at radius 1 is 0.950 bits per heavy atom. The smallest absolute Gasteiger partial charge is 0.127 e. The highest BCUT2D eigenvalue weighted by molar-refractivity contribution is 9.10. The van der Waals surface area contributed by atoms with Gasteiger partial charge in [0.25, 0.3) is 0 Å². The van der Waals surface area contributed by atoms with Gasteiger partial charge in [-0.3, -0.25) is 0 Å². The van der Waals surface area contributed by atoms with Gasteiger partial charge in [0.2, 0.25) is 0 Å². The molecule has 0 bridgehead atoms. The van der Waals surface area contributed by atoms with Crippen LogP contribution in [0, 0.1) is 0 Å². The average Bonchev–Trinajstić information content (AvgIpc) is 2.82. The lowest BCUT2D eigenvalue weighted by Gasteiger charge is -2.05. The molecule has 0 aliphatic rings. The van der Waals surface area contributed by atoms with Crippen molar-refractivity contribution in [1.29, 1.82) is 0 Å². The van der Waals surface area contributed by atoms with E-state index in [9.17, 15) is 0 Å². The molecule has 0 radical (unpaired) electrons. The highest BCUT2D eigenvalue weighted by Crippen LogP contribution is 2.27. The Labute approximate surface area is 133 Å². The number of nitrogen functional groups attached to an aromatic ring is 1. The second kappa shape index (κ2) is 5.42. The van der Waals surface area contributed by atoms with Crippen molar-refractivity contribution in [3.63, 3.8) is 0 Å². The van der Waals surface area contributed by atoms with Gasteiger partial charge in [0, 0.05) is 20.6 Å². The number of anilines is 1. The molecule has 0 aliphatic heterocycles. The van der Waals surface area contributed by atoms with E-state index < -0.39 is 0 Å². The van der Waals surface area contributed by atoms with E-state index in [-0.39, 0.29) is 0 Å². The lowest BCUT2D eigenvalue weighted by atomic mass is 10.2. The Balaban J connectivity index is 2.08. The monoisotopic (exact) mass is 391 g/mol. The second-order valence-electron chi connectivity index (χ2n) is 4.32. The van der Waals surface area contributed by atoms with Gasteiger partial charge in [0.15, 0.2) is 0 Å². The van der Waals surface area contributed by atoms with Crippen LogP contribution in [0.1, 0.15) is 0 Å². The SMILES string of the molecule is Nc1cc(-c2ccc(Br)cc2)nn1-c1ccccc1Br. The summed E-state index contributed by atoms with van der Waals surface area (Å²) in [7, 11) is 0. The molecule has 3 rings (SSSR count). The molecule has 0 aliphatic carbocycles. The van der Waals surface area contributed by atoms with Crippen LogP contribution in [-0.4, -0.2) is 9.78 Å². The third-order valence-corrected chi connectivity index (χ3v) is 4.16. The first-order chi connectivity index (χ1) is 9.65. The van der Waals surface area contributed by atoms with Crippen molar-refractivity contribution >= 4 is 37.7 Å². The third-order valence-electron chi connectivity index (χ3n) is 2.96. The Kier molecular flexibility index (Phi) is 3.63. The number of hydrogen-bond donors (Lipinski definition) is 1. The molecule has 2 N–H and O–H groups in total. The topological polar surface area (TPSA) is 43.8 Å². The van der Waals surface area contributed by atoms with Gasteiger partial charge < -0.3 is 5.73 Å². The normalized spacial score (nSPS) is 10.7. The molecular formula is C15H11Br2N3. The highest BCUT2D eigenvalue weighted by atomic mass is 79.9. The molecule has 0 amide bonds. The van der Waals surface area contributed by atoms with Crippen molar-refractivity contribution < 1.29 is 0 Å². The first-order valence-corrected chi connectivity index (χ1v) is 7.60. The average molecular weight is 393 g/mol. The molecule has 1 aromatic heterocycles. The Bertz CT molecular complexity index is 748. The maximum Gasteiger partial charge on any atom is 0.127 e. The number of para-hydroxylation sites is 1. The van der Waals surface area contributed by atoms with Crippen LogP contribution >= 0.6 is 31.9 Å². The molecule has 0 atom stereocenters. The number of nitrogens with two attached hydrogens (primary N) is 1. The molecule has 3 aromatic rings. The van der Waals surface area contributed by atoms with Crippen LogP contribution in [0.4, 0.5) is 5.82 Å². The van der Waals surface area contributed by atoms with Crippen molar-refractivity contribution in [2.45, 2.75) is 0 Å². The summed E-state index contributed by atoms with van der Waals surface area (Å²) in [5.41, 5.74) is 8.89. The van der Waals surface area contributed by atoms with Crippen molar-refractivity contribution in [1.82, 2.24) is 9.78 Å². The van der Waals surface area contributed by atoms with E-state index in [1.54, 1.807) is 4.68 Å². The number of halogens is 2. The minimum absolute atomic E-state index is 0.606. The number of aromatic nitrogens is 2. The zero-order valence-corrected chi connectivity index (χ0v) is 13.6. The fraction of sp³-hybridized carbons (Fsp3) is 0. The molecule has 5 heteroatoms. The van der Waals surface area contributed by atoms with Gasteiger partial charge in [-0.2, -0.15) is 5.10 Å². The summed E-state index contributed by atoms with van der Waals surface area (Å²) in [6.07, 6.45) is 0. The molecule has 0 saturated carbocycles. The number of rotatable bonds is 2. The van der Waals surface area contributed by atoms with Crippen molar-refractivity contribution in [2.24, 2.45) is 0 Å². The first-order valence-electron chi connectivity index (χ1n) is 6.01. The van der Waals surface area contributed by atoms with Crippen LogP contribution in [0.5, 0.6) is 0 Å². The zero-order valence-electron chi connectivity index (χ0n) is 10.4. The molecule has 2 aromatic carbocycles. The van der Waals surface area contributed by atoms with Crippen LogP contribution < -0.4 is 5.73 Å². The molecule has 1 heterocycles. The maximum atomic E-state index is 6.08. The van der Waals surface area contributed by atoms with E-state index >= 15 is 0 Å². The zero-order chi connectivity index (χ0) is 14.1. The van der Waals surface area contributed by atoms with E-state index in [0.717, 1.165) is 25.9 Å². The summed E-state index contributed by atoms with van der Waals surface area (Å²) < 4.78 is 3.73. The van der Waals surface area contributed by atoms with Crippen molar-refractivity contribution in [2.75, 3.05) is 5.73 Å². The summed E-state index contributed by atoms with van der Waals surface area (Å²) in [6, 6.07) is 17.7. The third kappa shape index (κ3) is 2.51. The highest BCUT2D eigenvalue weighted by Gasteiger charge is 2.10. The van der Waals surface area contributed by atoms with E-state index in [0.29, 0.717) is 5.82 Å². The van der Waals surface area contributed by atoms with Gasteiger partial charge in [-0.15, -0.1) is 0 Å². The standard InChI is InChI=1S/C15H11Br2N3/c16-11-7-5-10(6-8-11)13-9-15(18)20(19-13)14-4-2-1-3-12(14)17/h1-9H,18H2. The molecule has 100 valence electrons. The van der Waals surface area contributed by atoms with E-state index in [2.05, 4.69) is 37.0 Å². The second-order valence-corrected chi connectivity index (χ2v) is 6.09. The van der Waals surface area contributed by atoms with E-state index in [1.807, 2.05) is 54.6 Å². The summed E-state index contributed by atoms with van der Waals surface area (Å²) in [5.74, 6) is 0.606. The Hall–Kier alpha value is -1.59. The number of hydrogen-bond acceptors (Lipinski definition) is 2. The minimum Gasteiger partial charge on any atom is -0.384 e. The van der Waals surface area contributed by atoms with Crippen molar-refractivity contribution in [3.8, 4) is 16.9 Å². The maximum absolute atomic E-state index is 6.08. The van der Waals surface area contributed by atoms with Gasteiger partial charge in [-0.1, -0.05) is 40.2 Å². The van der Waals surface area contributed by atoms with Crippen LogP contribution in [-0.2, 0) is 0 Å². The molecule has 0 spiro atoms. The molecule has 3 nitrogen and oxygen atoms in total. The van der Waals surface area contributed by atoms with E-state index in [1.165, 1.54) is 0 Å². The van der Waals surface area contributed by atoms with Crippen LogP contribution in [0.15, 0.2) is 63.5 Å². The van der Waals surface area contributed by atoms with Gasteiger partial charge in [0.05, 0.1) is 11.4 Å². The number of nitrogens with zero attached hydrogens (tertiary/aromatic N) is 2. The number of benzene rings is 2. The summed E-state index contributed by atoms with van der Waals surface area (Å²) in [5, 5.41) is 4.59. The predicted molar refractivity (Wildman–Crippen MR) is 88.8 cm³/mol. The van der Waals surface area contributed by atoms with Crippen molar-refractivity contribution in [3.05, 3.63) is 63.5 Å². The first kappa shape index (κ1) is 13.4. The lowest BCUT2D eigenvalue weighted by Crippen LogP contribution is -2.02. The van der Waals surface area contributed by atoms with Gasteiger partial charge >= 0.3 is 0 Å². The van der Waals surface area contributed by atoms with E-state index in [4.69, 9.17) is 5.73 Å². The fourth-order valence-corrected chi connectivity index (χ4v) is 2.69. The molecule has 0 fully saturated rings. The van der Waals surface area contributed by atoms with Gasteiger partial charge in [-0.05, 0) is 40.2 Å². The summed E-state index contributed by atoms with van der Waals surface area (Å²) >= 11 is 6.95. The van der Waals surface area contributed by atoms with Crippen LogP contribution in [0.3, 0.4) is 0 Å². The molecule has 20 heavy (non-hydrogen) atoms. The fourth-order valence-electron chi connectivity index (χ4n) is 1.97. The lowest BCUT2D eigenvalue weighted by molar-refractivity contribution is 0.891. The molecule has 0 saturated heterocycles. The predicted octanol–water partition coefficient (Wildman–Crippen LogP) is 4.65. The van der Waals surface area contributed by atoms with Crippen LogP contribution in [0.25, 0.3) is 16.9 Å².